The molecule has 2 unspecified atom stereocenters. The van der Waals surface area contributed by atoms with E-state index in [1.807, 2.05) is 0 Å². The van der Waals surface area contributed by atoms with Crippen molar-refractivity contribution in [3.63, 3.8) is 0 Å². The van der Waals surface area contributed by atoms with Crippen LogP contribution in [0.2, 0.25) is 0 Å². The highest BCUT2D eigenvalue weighted by molar-refractivity contribution is 7.91. The van der Waals surface area contributed by atoms with E-state index in [9.17, 15) is 12.8 Å². The van der Waals surface area contributed by atoms with E-state index in [0.29, 0.717) is 6.42 Å². The molecule has 2 atom stereocenters. The average Bonchev–Trinajstić information content (AvgIpc) is 2.24. The van der Waals surface area contributed by atoms with Crippen molar-refractivity contribution in [2.75, 3.05) is 13.3 Å². The first kappa shape index (κ1) is 14.1. The van der Waals surface area contributed by atoms with Gasteiger partial charge < -0.3 is 5.32 Å². The molecule has 0 aliphatic rings. The number of likely N-dealkylation sites (N-methyl/N-ethyl adjacent to an activating group) is 1. The van der Waals surface area contributed by atoms with Crippen LogP contribution in [0.25, 0.3) is 0 Å². The van der Waals surface area contributed by atoms with Crippen molar-refractivity contribution in [2.45, 2.75) is 24.6 Å². The molecule has 0 radical (unpaired) electrons. The van der Waals surface area contributed by atoms with Crippen molar-refractivity contribution < 1.29 is 12.8 Å². The molecule has 0 fully saturated rings. The molecule has 0 aliphatic heterocycles. The maximum Gasteiger partial charge on any atom is 0.151 e. The highest BCUT2D eigenvalue weighted by atomic mass is 32.2. The van der Waals surface area contributed by atoms with Gasteiger partial charge in [0, 0.05) is 12.3 Å². The van der Waals surface area contributed by atoms with Gasteiger partial charge in [-0.15, -0.1) is 0 Å². The Morgan fingerprint density at radius 1 is 1.41 bits per heavy atom. The van der Waals surface area contributed by atoms with Crippen LogP contribution in [-0.2, 0) is 16.3 Å². The fraction of sp³-hybridized carbons (Fsp3) is 0.500. The first-order valence-electron chi connectivity index (χ1n) is 5.45. The minimum absolute atomic E-state index is 0.216. The van der Waals surface area contributed by atoms with E-state index in [-0.39, 0.29) is 11.9 Å². The predicted molar refractivity (Wildman–Crippen MR) is 67.3 cm³/mol. The summed E-state index contributed by atoms with van der Waals surface area (Å²) >= 11 is 0. The number of benzene rings is 1. The van der Waals surface area contributed by atoms with E-state index >= 15 is 0 Å². The second-order valence-corrected chi connectivity index (χ2v) is 6.67. The van der Waals surface area contributed by atoms with Crippen LogP contribution in [0.1, 0.15) is 12.5 Å². The molecule has 0 heterocycles. The van der Waals surface area contributed by atoms with Gasteiger partial charge in [-0.05, 0) is 38.1 Å². The van der Waals surface area contributed by atoms with Gasteiger partial charge in [0.25, 0.3) is 0 Å². The van der Waals surface area contributed by atoms with E-state index in [1.165, 1.54) is 18.4 Å². The molecule has 0 amide bonds. The summed E-state index contributed by atoms with van der Waals surface area (Å²) in [4.78, 5) is 0. The molecule has 96 valence electrons. The molecule has 1 aromatic rings. The zero-order chi connectivity index (χ0) is 13.1. The number of hydrogen-bond acceptors (Lipinski definition) is 3. The third-order valence-corrected chi connectivity index (χ3v) is 4.64. The first-order chi connectivity index (χ1) is 7.84. The highest BCUT2D eigenvalue weighted by Gasteiger charge is 2.24. The normalized spacial score (nSPS) is 15.5. The summed E-state index contributed by atoms with van der Waals surface area (Å²) in [7, 11) is -1.39. The third kappa shape index (κ3) is 4.09. The zero-order valence-corrected chi connectivity index (χ0v) is 11.1. The number of sulfone groups is 1. The second kappa shape index (κ2) is 5.60. The number of hydrogen-bond donors (Lipinski definition) is 1. The molecular weight excluding hydrogens is 241 g/mol. The summed E-state index contributed by atoms with van der Waals surface area (Å²) in [5.41, 5.74) is 0.792. The Morgan fingerprint density at radius 3 is 2.53 bits per heavy atom. The Balaban J connectivity index is 2.84. The minimum atomic E-state index is -3.10. The Labute approximate surface area is 102 Å². The molecule has 5 heteroatoms. The van der Waals surface area contributed by atoms with Crippen molar-refractivity contribution in [1.82, 2.24) is 5.32 Å². The molecule has 0 aliphatic carbocycles. The van der Waals surface area contributed by atoms with E-state index in [2.05, 4.69) is 5.32 Å². The van der Waals surface area contributed by atoms with Crippen LogP contribution in [0.3, 0.4) is 0 Å². The van der Waals surface area contributed by atoms with Crippen molar-refractivity contribution in [3.05, 3.63) is 35.6 Å². The molecule has 0 aromatic heterocycles. The average molecular weight is 259 g/mol. The third-order valence-electron chi connectivity index (χ3n) is 2.96. The van der Waals surface area contributed by atoms with Gasteiger partial charge in [0.15, 0.2) is 9.84 Å². The summed E-state index contributed by atoms with van der Waals surface area (Å²) < 4.78 is 36.0. The summed E-state index contributed by atoms with van der Waals surface area (Å²) in [5.74, 6) is -0.302. The molecule has 0 saturated heterocycles. The maximum atomic E-state index is 13.0. The highest BCUT2D eigenvalue weighted by Crippen LogP contribution is 2.12. The number of rotatable bonds is 5. The molecule has 0 spiro atoms. The van der Waals surface area contributed by atoms with Gasteiger partial charge in [-0.2, -0.15) is 0 Å². The lowest BCUT2D eigenvalue weighted by Crippen LogP contribution is -2.41. The van der Waals surface area contributed by atoms with Gasteiger partial charge in [0.2, 0.25) is 0 Å². The summed E-state index contributed by atoms with van der Waals surface area (Å²) in [6.45, 7) is 1.66. The molecular formula is C12H18FNO2S. The summed E-state index contributed by atoms with van der Waals surface area (Å²) in [5, 5.41) is 2.47. The van der Waals surface area contributed by atoms with Gasteiger partial charge in [0.05, 0.1) is 5.25 Å². The van der Waals surface area contributed by atoms with Crippen molar-refractivity contribution in [2.24, 2.45) is 0 Å². The Bertz CT molecular complexity index is 473. The van der Waals surface area contributed by atoms with Crippen molar-refractivity contribution >= 4 is 9.84 Å². The smallest absolute Gasteiger partial charge is 0.151 e. The minimum Gasteiger partial charge on any atom is -0.315 e. The van der Waals surface area contributed by atoms with Crippen LogP contribution in [0.4, 0.5) is 4.39 Å². The maximum absolute atomic E-state index is 13.0. The van der Waals surface area contributed by atoms with Gasteiger partial charge in [0.1, 0.15) is 5.82 Å². The number of nitrogens with one attached hydrogen (secondary N) is 1. The van der Waals surface area contributed by atoms with Crippen LogP contribution in [-0.4, -0.2) is 33.0 Å². The topological polar surface area (TPSA) is 46.2 Å². The lowest BCUT2D eigenvalue weighted by molar-refractivity contribution is 0.515. The Kier molecular flexibility index (Phi) is 4.65. The van der Waals surface area contributed by atoms with Crippen molar-refractivity contribution in [1.29, 1.82) is 0 Å². The predicted octanol–water partition coefficient (Wildman–Crippen LogP) is 1.39. The largest absolute Gasteiger partial charge is 0.315 e. The first-order valence-corrected chi connectivity index (χ1v) is 7.40. The molecule has 0 saturated carbocycles. The molecule has 1 N–H and O–H groups in total. The molecule has 17 heavy (non-hydrogen) atoms. The van der Waals surface area contributed by atoms with Gasteiger partial charge in [-0.25, -0.2) is 12.8 Å². The standard InChI is InChI=1S/C12H18FNO2S/c1-9(17(3,15)16)12(14-2)8-10-5-4-6-11(13)7-10/h4-7,9,12,14H,8H2,1-3H3. The summed E-state index contributed by atoms with van der Waals surface area (Å²) in [6.07, 6.45) is 1.70. The monoisotopic (exact) mass is 259 g/mol. The van der Waals surface area contributed by atoms with Gasteiger partial charge in [-0.3, -0.25) is 0 Å². The molecule has 3 nitrogen and oxygen atoms in total. The van der Waals surface area contributed by atoms with Crippen LogP contribution in [0.15, 0.2) is 24.3 Å². The fourth-order valence-corrected chi connectivity index (χ4v) is 2.55. The second-order valence-electron chi connectivity index (χ2n) is 4.26. The lowest BCUT2D eigenvalue weighted by atomic mass is 10.0. The Morgan fingerprint density at radius 2 is 2.06 bits per heavy atom. The quantitative estimate of drug-likeness (QED) is 0.869. The van der Waals surface area contributed by atoms with E-state index < -0.39 is 15.1 Å². The van der Waals surface area contributed by atoms with Crippen LogP contribution < -0.4 is 5.32 Å². The van der Waals surface area contributed by atoms with Gasteiger partial charge >= 0.3 is 0 Å². The van der Waals surface area contributed by atoms with Gasteiger partial charge in [-0.1, -0.05) is 12.1 Å². The molecule has 1 rings (SSSR count). The fourth-order valence-electron chi connectivity index (χ4n) is 1.72. The number of halogens is 1. The van der Waals surface area contributed by atoms with Crippen LogP contribution in [0, 0.1) is 5.82 Å². The SMILES string of the molecule is CNC(Cc1cccc(F)c1)C(C)S(C)(=O)=O. The molecule has 0 bridgehead atoms. The Hall–Kier alpha value is -0.940. The van der Waals surface area contributed by atoms with E-state index in [0.717, 1.165) is 5.56 Å². The summed E-state index contributed by atoms with van der Waals surface area (Å²) in [6, 6.07) is 6.01. The van der Waals surface area contributed by atoms with Crippen LogP contribution >= 0.6 is 0 Å². The molecule has 1 aromatic carbocycles. The van der Waals surface area contributed by atoms with E-state index in [4.69, 9.17) is 0 Å². The zero-order valence-electron chi connectivity index (χ0n) is 10.3. The van der Waals surface area contributed by atoms with Crippen LogP contribution in [0.5, 0.6) is 0 Å². The lowest BCUT2D eigenvalue weighted by Gasteiger charge is -2.22. The van der Waals surface area contributed by atoms with Crippen molar-refractivity contribution in [3.8, 4) is 0 Å². The van der Waals surface area contributed by atoms with E-state index in [1.54, 1.807) is 26.1 Å².